The molecule has 0 radical (unpaired) electrons. The molecular formula is C23H31N3O5S. The number of hydrogen-bond donors (Lipinski definition) is 0. The SMILES string of the molecule is COc1ccccc1N1CCN(C(=O)CN(c2ccc(OC(C)C)cc2)S(C)(=O)=O)CC1. The molecule has 2 aromatic carbocycles. The number of anilines is 2. The fourth-order valence-electron chi connectivity index (χ4n) is 3.67. The van der Waals surface area contributed by atoms with E-state index in [1.54, 1.807) is 36.3 Å². The summed E-state index contributed by atoms with van der Waals surface area (Å²) in [5, 5.41) is 0. The van der Waals surface area contributed by atoms with Gasteiger partial charge in [-0.25, -0.2) is 8.42 Å². The van der Waals surface area contributed by atoms with Crippen LogP contribution in [0.3, 0.4) is 0 Å². The molecule has 0 N–H and O–H groups in total. The monoisotopic (exact) mass is 461 g/mol. The van der Waals surface area contributed by atoms with Crippen molar-refractivity contribution < 1.29 is 22.7 Å². The second-order valence-corrected chi connectivity index (χ2v) is 9.88. The molecule has 1 aliphatic heterocycles. The van der Waals surface area contributed by atoms with E-state index in [-0.39, 0.29) is 18.6 Å². The van der Waals surface area contributed by atoms with Gasteiger partial charge in [-0.3, -0.25) is 9.10 Å². The van der Waals surface area contributed by atoms with Gasteiger partial charge in [-0.2, -0.15) is 0 Å². The number of rotatable bonds is 8. The van der Waals surface area contributed by atoms with Crippen LogP contribution in [0, 0.1) is 0 Å². The van der Waals surface area contributed by atoms with E-state index >= 15 is 0 Å². The Morgan fingerprint density at radius 2 is 1.66 bits per heavy atom. The van der Waals surface area contributed by atoms with Gasteiger partial charge in [0.05, 0.1) is 30.8 Å². The molecule has 0 aliphatic carbocycles. The molecule has 1 saturated heterocycles. The molecule has 3 rings (SSSR count). The van der Waals surface area contributed by atoms with Crippen molar-refractivity contribution in [2.75, 3.05) is 55.3 Å². The molecule has 8 nitrogen and oxygen atoms in total. The van der Waals surface area contributed by atoms with E-state index in [9.17, 15) is 13.2 Å². The molecule has 9 heteroatoms. The Morgan fingerprint density at radius 3 is 2.22 bits per heavy atom. The lowest BCUT2D eigenvalue weighted by Gasteiger charge is -2.37. The van der Waals surface area contributed by atoms with Crippen LogP contribution in [0.2, 0.25) is 0 Å². The maximum Gasteiger partial charge on any atom is 0.243 e. The number of hydrogen-bond acceptors (Lipinski definition) is 6. The maximum absolute atomic E-state index is 13.0. The van der Waals surface area contributed by atoms with Gasteiger partial charge in [0.1, 0.15) is 18.0 Å². The van der Waals surface area contributed by atoms with E-state index in [2.05, 4.69) is 4.90 Å². The van der Waals surface area contributed by atoms with E-state index in [0.29, 0.717) is 37.6 Å². The third-order valence-corrected chi connectivity index (χ3v) is 6.37. The van der Waals surface area contributed by atoms with Gasteiger partial charge in [0, 0.05) is 26.2 Å². The van der Waals surface area contributed by atoms with E-state index in [1.807, 2.05) is 38.1 Å². The number of carbonyl (C=O) groups is 1. The molecule has 0 aromatic heterocycles. The molecule has 1 aliphatic rings. The summed E-state index contributed by atoms with van der Waals surface area (Å²) < 4.78 is 37.0. The molecular weight excluding hydrogens is 430 g/mol. The Balaban J connectivity index is 1.66. The number of benzene rings is 2. The quantitative estimate of drug-likeness (QED) is 0.601. The summed E-state index contributed by atoms with van der Waals surface area (Å²) >= 11 is 0. The summed E-state index contributed by atoms with van der Waals surface area (Å²) in [6, 6.07) is 14.5. The minimum atomic E-state index is -3.63. The van der Waals surface area contributed by atoms with Crippen molar-refractivity contribution in [3.63, 3.8) is 0 Å². The first kappa shape index (κ1) is 23.7. The molecule has 0 atom stereocenters. The zero-order valence-corrected chi connectivity index (χ0v) is 19.8. The van der Waals surface area contributed by atoms with Crippen LogP contribution in [-0.2, 0) is 14.8 Å². The number of para-hydroxylation sites is 2. The lowest BCUT2D eigenvalue weighted by atomic mass is 10.2. The average Bonchev–Trinajstić information content (AvgIpc) is 2.77. The third-order valence-electron chi connectivity index (χ3n) is 5.23. The zero-order chi connectivity index (χ0) is 23.3. The first-order valence-corrected chi connectivity index (χ1v) is 12.4. The summed E-state index contributed by atoms with van der Waals surface area (Å²) in [5.74, 6) is 1.22. The van der Waals surface area contributed by atoms with Crippen LogP contribution in [0.4, 0.5) is 11.4 Å². The Kier molecular flexibility index (Phi) is 7.50. The number of ether oxygens (including phenoxy) is 2. The van der Waals surface area contributed by atoms with Crippen LogP contribution in [-0.4, -0.2) is 71.4 Å². The Labute approximate surface area is 190 Å². The Morgan fingerprint density at radius 1 is 1.03 bits per heavy atom. The van der Waals surface area contributed by atoms with Crippen LogP contribution in [0.1, 0.15) is 13.8 Å². The highest BCUT2D eigenvalue weighted by Crippen LogP contribution is 2.28. The molecule has 1 heterocycles. The van der Waals surface area contributed by atoms with Gasteiger partial charge in [-0.1, -0.05) is 12.1 Å². The minimum Gasteiger partial charge on any atom is -0.495 e. The summed E-state index contributed by atoms with van der Waals surface area (Å²) in [4.78, 5) is 16.8. The van der Waals surface area contributed by atoms with E-state index < -0.39 is 10.0 Å². The summed E-state index contributed by atoms with van der Waals surface area (Å²) in [6.07, 6.45) is 1.13. The van der Waals surface area contributed by atoms with Crippen LogP contribution in [0.25, 0.3) is 0 Å². The standard InChI is InChI=1S/C23H31N3O5S/c1-18(2)31-20-11-9-19(10-12-20)26(32(4,28)29)17-23(27)25-15-13-24(14-16-25)21-7-5-6-8-22(21)30-3/h5-12,18H,13-17H2,1-4H3. The van der Waals surface area contributed by atoms with Crippen LogP contribution in [0.5, 0.6) is 11.5 Å². The Hall–Kier alpha value is -2.94. The molecule has 174 valence electrons. The largest absolute Gasteiger partial charge is 0.495 e. The van der Waals surface area contributed by atoms with Gasteiger partial charge >= 0.3 is 0 Å². The molecule has 1 amide bonds. The highest BCUT2D eigenvalue weighted by molar-refractivity contribution is 7.92. The first-order chi connectivity index (χ1) is 15.2. The fraction of sp³-hybridized carbons (Fsp3) is 0.435. The van der Waals surface area contributed by atoms with Crippen LogP contribution < -0.4 is 18.7 Å². The van der Waals surface area contributed by atoms with Crippen molar-refractivity contribution in [3.8, 4) is 11.5 Å². The molecule has 0 saturated carbocycles. The zero-order valence-electron chi connectivity index (χ0n) is 19.0. The van der Waals surface area contributed by atoms with E-state index in [1.165, 1.54) is 0 Å². The molecule has 0 bridgehead atoms. The second-order valence-electron chi connectivity index (χ2n) is 7.97. The smallest absolute Gasteiger partial charge is 0.243 e. The number of piperazine rings is 1. The number of amides is 1. The van der Waals surface area contributed by atoms with Gasteiger partial charge in [0.15, 0.2) is 0 Å². The maximum atomic E-state index is 13.0. The topological polar surface area (TPSA) is 79.4 Å². The number of methoxy groups -OCH3 is 1. The summed E-state index contributed by atoms with van der Waals surface area (Å²) in [7, 11) is -1.99. The van der Waals surface area contributed by atoms with Gasteiger partial charge in [-0.05, 0) is 50.2 Å². The fourth-order valence-corrected chi connectivity index (χ4v) is 4.52. The first-order valence-electron chi connectivity index (χ1n) is 10.6. The van der Waals surface area contributed by atoms with Crippen molar-refractivity contribution in [2.24, 2.45) is 0 Å². The van der Waals surface area contributed by atoms with Crippen molar-refractivity contribution in [1.82, 2.24) is 4.90 Å². The van der Waals surface area contributed by atoms with Crippen LogP contribution in [0.15, 0.2) is 48.5 Å². The Bertz CT molecular complexity index is 1020. The van der Waals surface area contributed by atoms with Crippen LogP contribution >= 0.6 is 0 Å². The molecule has 0 unspecified atom stereocenters. The lowest BCUT2D eigenvalue weighted by Crippen LogP contribution is -2.52. The highest BCUT2D eigenvalue weighted by Gasteiger charge is 2.27. The average molecular weight is 462 g/mol. The summed E-state index contributed by atoms with van der Waals surface area (Å²) in [5.41, 5.74) is 1.42. The minimum absolute atomic E-state index is 0.0166. The molecule has 1 fully saturated rings. The van der Waals surface area contributed by atoms with Crippen molar-refractivity contribution in [2.45, 2.75) is 20.0 Å². The van der Waals surface area contributed by atoms with Gasteiger partial charge in [0.2, 0.25) is 15.9 Å². The van der Waals surface area contributed by atoms with Crippen molar-refractivity contribution >= 4 is 27.3 Å². The highest BCUT2D eigenvalue weighted by atomic mass is 32.2. The molecule has 32 heavy (non-hydrogen) atoms. The number of carbonyl (C=O) groups excluding carboxylic acids is 1. The van der Waals surface area contributed by atoms with Gasteiger partial charge in [-0.15, -0.1) is 0 Å². The number of nitrogens with zero attached hydrogens (tertiary/aromatic N) is 3. The summed E-state index contributed by atoms with van der Waals surface area (Å²) in [6.45, 7) is 5.91. The predicted octanol–water partition coefficient (Wildman–Crippen LogP) is 2.60. The van der Waals surface area contributed by atoms with Gasteiger partial charge in [0.25, 0.3) is 0 Å². The lowest BCUT2D eigenvalue weighted by molar-refractivity contribution is -0.129. The van der Waals surface area contributed by atoms with E-state index in [4.69, 9.17) is 9.47 Å². The third kappa shape index (κ3) is 5.85. The van der Waals surface area contributed by atoms with E-state index in [0.717, 1.165) is 22.0 Å². The second kappa shape index (κ2) is 10.1. The van der Waals surface area contributed by atoms with Crippen molar-refractivity contribution in [1.29, 1.82) is 0 Å². The van der Waals surface area contributed by atoms with Gasteiger partial charge < -0.3 is 19.3 Å². The molecule has 0 spiro atoms. The predicted molar refractivity (Wildman–Crippen MR) is 126 cm³/mol. The number of sulfonamides is 1. The molecule has 2 aromatic rings. The normalized spacial score (nSPS) is 14.4. The van der Waals surface area contributed by atoms with Crippen molar-refractivity contribution in [3.05, 3.63) is 48.5 Å².